The molecule has 0 spiro atoms. The van der Waals surface area contributed by atoms with Gasteiger partial charge in [-0.3, -0.25) is 19.7 Å². The average Bonchev–Trinajstić information content (AvgIpc) is 2.53. The molecule has 2 aliphatic rings. The highest BCUT2D eigenvalue weighted by atomic mass is 16.2. The Kier molecular flexibility index (Phi) is 4.01. The van der Waals surface area contributed by atoms with E-state index in [2.05, 4.69) is 10.6 Å². The molecule has 1 aliphatic heterocycles. The first-order chi connectivity index (χ1) is 11.6. The van der Waals surface area contributed by atoms with Crippen molar-refractivity contribution in [2.75, 3.05) is 5.32 Å². The molecule has 1 aromatic rings. The first kappa shape index (κ1) is 17.6. The van der Waals surface area contributed by atoms with E-state index in [-0.39, 0.29) is 17.7 Å². The molecule has 2 fully saturated rings. The second kappa shape index (κ2) is 5.68. The van der Waals surface area contributed by atoms with E-state index in [4.69, 9.17) is 0 Å². The van der Waals surface area contributed by atoms with Gasteiger partial charge in [-0.1, -0.05) is 45.9 Å². The predicted octanol–water partition coefficient (Wildman–Crippen LogP) is 3.05. The highest BCUT2D eigenvalue weighted by Crippen LogP contribution is 2.56. The molecule has 2 bridgehead atoms. The molecule has 2 N–H and O–H groups in total. The lowest BCUT2D eigenvalue weighted by molar-refractivity contribution is -0.163. The number of piperidine rings is 1. The molecule has 3 rings (SSSR count). The fraction of sp³-hybridized carbons (Fsp3) is 0.550. The molecule has 1 saturated heterocycles. The topological polar surface area (TPSA) is 75.3 Å². The van der Waals surface area contributed by atoms with Crippen molar-refractivity contribution in [2.24, 2.45) is 16.2 Å². The van der Waals surface area contributed by atoms with Crippen LogP contribution < -0.4 is 10.6 Å². The van der Waals surface area contributed by atoms with Crippen LogP contribution in [0.2, 0.25) is 0 Å². The van der Waals surface area contributed by atoms with Gasteiger partial charge in [0.2, 0.25) is 17.7 Å². The summed E-state index contributed by atoms with van der Waals surface area (Å²) in [5.74, 6) is -0.640. The molecule has 1 heterocycles. The second-order valence-corrected chi connectivity index (χ2v) is 8.46. The summed E-state index contributed by atoms with van der Waals surface area (Å²) in [6, 6.07) is 7.73. The summed E-state index contributed by atoms with van der Waals surface area (Å²) in [5.41, 5.74) is -0.287. The van der Waals surface area contributed by atoms with E-state index in [0.29, 0.717) is 19.3 Å². The standard InChI is InChI=1S/C20H26N2O3/c1-5-13-8-6-7-9-14(13)21-15(23)18(2)10-19(3)12-20(4,11-18)17(25)22-16(19)24/h6-9H,5,10-12H2,1-4H3,(H,21,23)(H,22,24,25). The molecular weight excluding hydrogens is 316 g/mol. The fourth-order valence-electron chi connectivity index (χ4n) is 4.88. The highest BCUT2D eigenvalue weighted by Gasteiger charge is 2.60. The Hall–Kier alpha value is -2.17. The minimum atomic E-state index is -0.768. The van der Waals surface area contributed by atoms with Gasteiger partial charge in [0.05, 0.1) is 0 Å². The number of nitrogens with one attached hydrogen (secondary N) is 2. The zero-order chi connectivity index (χ0) is 18.5. The van der Waals surface area contributed by atoms with Gasteiger partial charge in [-0.25, -0.2) is 0 Å². The number of para-hydroxylation sites is 1. The van der Waals surface area contributed by atoms with Crippen molar-refractivity contribution in [1.82, 2.24) is 5.32 Å². The number of fused-ring (bicyclic) bond motifs is 2. The van der Waals surface area contributed by atoms with E-state index in [0.717, 1.165) is 17.7 Å². The second-order valence-electron chi connectivity index (χ2n) is 8.46. The number of benzene rings is 1. The summed E-state index contributed by atoms with van der Waals surface area (Å²) in [6.45, 7) is 7.64. The van der Waals surface area contributed by atoms with Crippen LogP contribution in [0.5, 0.6) is 0 Å². The van der Waals surface area contributed by atoms with E-state index < -0.39 is 16.2 Å². The van der Waals surface area contributed by atoms with Gasteiger partial charge in [-0.2, -0.15) is 0 Å². The number of hydrogen-bond acceptors (Lipinski definition) is 3. The Morgan fingerprint density at radius 3 is 2.16 bits per heavy atom. The molecule has 0 aromatic heterocycles. The zero-order valence-corrected chi connectivity index (χ0v) is 15.4. The summed E-state index contributed by atoms with van der Waals surface area (Å²) in [7, 11) is 0. The van der Waals surface area contributed by atoms with Crippen molar-refractivity contribution in [1.29, 1.82) is 0 Å². The lowest BCUT2D eigenvalue weighted by atomic mass is 9.52. The van der Waals surface area contributed by atoms with Crippen molar-refractivity contribution >= 4 is 23.4 Å². The van der Waals surface area contributed by atoms with E-state index in [9.17, 15) is 14.4 Å². The van der Waals surface area contributed by atoms with Crippen LogP contribution in [-0.4, -0.2) is 17.7 Å². The van der Waals surface area contributed by atoms with Gasteiger partial charge < -0.3 is 5.32 Å². The predicted molar refractivity (Wildman–Crippen MR) is 95.8 cm³/mol. The summed E-state index contributed by atoms with van der Waals surface area (Å²) in [4.78, 5) is 37.9. The highest BCUT2D eigenvalue weighted by molar-refractivity contribution is 6.05. The van der Waals surface area contributed by atoms with Crippen LogP contribution in [0.1, 0.15) is 52.5 Å². The maximum Gasteiger partial charge on any atom is 0.232 e. The van der Waals surface area contributed by atoms with Crippen LogP contribution >= 0.6 is 0 Å². The van der Waals surface area contributed by atoms with Crippen LogP contribution in [0.3, 0.4) is 0 Å². The number of aryl methyl sites for hydroxylation is 1. The van der Waals surface area contributed by atoms with E-state index in [1.165, 1.54) is 0 Å². The average molecular weight is 342 g/mol. The molecule has 25 heavy (non-hydrogen) atoms. The normalized spacial score (nSPS) is 34.4. The van der Waals surface area contributed by atoms with Crippen LogP contribution in [0.4, 0.5) is 5.69 Å². The zero-order valence-electron chi connectivity index (χ0n) is 15.4. The first-order valence-corrected chi connectivity index (χ1v) is 8.87. The Morgan fingerprint density at radius 1 is 1.04 bits per heavy atom. The number of anilines is 1. The smallest absolute Gasteiger partial charge is 0.232 e. The molecular formula is C20H26N2O3. The van der Waals surface area contributed by atoms with Gasteiger partial charge in [0, 0.05) is 21.9 Å². The Bertz CT molecular complexity index is 729. The van der Waals surface area contributed by atoms with Crippen LogP contribution in [0.15, 0.2) is 24.3 Å². The number of carbonyl (C=O) groups excluding carboxylic acids is 3. The number of rotatable bonds is 3. The summed E-state index contributed by atoms with van der Waals surface area (Å²) in [6.07, 6.45) is 2.20. The van der Waals surface area contributed by atoms with Gasteiger partial charge >= 0.3 is 0 Å². The fourth-order valence-corrected chi connectivity index (χ4v) is 4.88. The molecule has 2 unspecified atom stereocenters. The van der Waals surface area contributed by atoms with Crippen LogP contribution in [0, 0.1) is 16.2 Å². The lowest BCUT2D eigenvalue weighted by Crippen LogP contribution is -2.63. The van der Waals surface area contributed by atoms with Crippen molar-refractivity contribution in [3.05, 3.63) is 29.8 Å². The molecule has 1 aromatic carbocycles. The van der Waals surface area contributed by atoms with Gasteiger partial charge in [0.15, 0.2) is 0 Å². The molecule has 1 aliphatic carbocycles. The maximum atomic E-state index is 13.1. The molecule has 2 atom stereocenters. The molecule has 3 amide bonds. The third-order valence-electron chi connectivity index (χ3n) is 5.86. The van der Waals surface area contributed by atoms with E-state index in [1.54, 1.807) is 0 Å². The van der Waals surface area contributed by atoms with Gasteiger partial charge in [0.1, 0.15) is 0 Å². The third-order valence-corrected chi connectivity index (χ3v) is 5.86. The first-order valence-electron chi connectivity index (χ1n) is 8.87. The van der Waals surface area contributed by atoms with Crippen molar-refractivity contribution in [3.63, 3.8) is 0 Å². The minimum Gasteiger partial charge on any atom is -0.325 e. The quantitative estimate of drug-likeness (QED) is 0.829. The van der Waals surface area contributed by atoms with Crippen molar-refractivity contribution in [2.45, 2.75) is 53.4 Å². The summed E-state index contributed by atoms with van der Waals surface area (Å²) in [5, 5.41) is 5.54. The summed E-state index contributed by atoms with van der Waals surface area (Å²) >= 11 is 0. The van der Waals surface area contributed by atoms with Gasteiger partial charge in [0.25, 0.3) is 0 Å². The van der Waals surface area contributed by atoms with Gasteiger partial charge in [-0.05, 0) is 37.3 Å². The largest absolute Gasteiger partial charge is 0.325 e. The molecule has 1 saturated carbocycles. The minimum absolute atomic E-state index is 0.118. The molecule has 0 radical (unpaired) electrons. The van der Waals surface area contributed by atoms with Crippen molar-refractivity contribution in [3.8, 4) is 0 Å². The molecule has 134 valence electrons. The SMILES string of the molecule is CCc1ccccc1NC(=O)C1(C)CC2(C)CC(C)(C1)C(=O)NC2=O. The van der Waals surface area contributed by atoms with E-state index >= 15 is 0 Å². The Morgan fingerprint density at radius 2 is 1.60 bits per heavy atom. The van der Waals surface area contributed by atoms with E-state index in [1.807, 2.05) is 52.0 Å². The van der Waals surface area contributed by atoms with Crippen LogP contribution in [0.25, 0.3) is 0 Å². The number of amides is 3. The third kappa shape index (κ3) is 2.86. The number of hydrogen-bond donors (Lipinski definition) is 2. The Balaban J connectivity index is 1.91. The molecule has 5 nitrogen and oxygen atoms in total. The Labute approximate surface area is 148 Å². The molecule has 5 heteroatoms. The van der Waals surface area contributed by atoms with Crippen molar-refractivity contribution < 1.29 is 14.4 Å². The number of imide groups is 1. The monoisotopic (exact) mass is 342 g/mol. The van der Waals surface area contributed by atoms with Crippen LogP contribution in [-0.2, 0) is 20.8 Å². The number of carbonyl (C=O) groups is 3. The maximum absolute atomic E-state index is 13.1. The lowest BCUT2D eigenvalue weighted by Gasteiger charge is -2.53. The van der Waals surface area contributed by atoms with Gasteiger partial charge in [-0.15, -0.1) is 0 Å². The summed E-state index contributed by atoms with van der Waals surface area (Å²) < 4.78 is 0.